The molecule has 1 N–H and O–H groups in total. The van der Waals surface area contributed by atoms with Crippen LogP contribution in [0.15, 0.2) is 0 Å². The van der Waals surface area contributed by atoms with Crippen molar-refractivity contribution >= 4 is 11.8 Å². The number of carbonyl (C=O) groups is 2. The van der Waals surface area contributed by atoms with Gasteiger partial charge in [-0.3, -0.25) is 9.59 Å². The Hall–Kier alpha value is -1.13. The van der Waals surface area contributed by atoms with Crippen molar-refractivity contribution in [1.82, 2.24) is 10.2 Å². The molecule has 0 radical (unpaired) electrons. The van der Waals surface area contributed by atoms with Crippen LogP contribution in [0.5, 0.6) is 0 Å². The molecule has 1 heterocycles. The molecule has 5 heteroatoms. The first-order chi connectivity index (χ1) is 10.0. The number of hydrogen-bond acceptors (Lipinski definition) is 2. The molecule has 4 nitrogen and oxygen atoms in total. The van der Waals surface area contributed by atoms with Gasteiger partial charge in [0.15, 0.2) is 5.67 Å². The number of nitrogens with zero attached hydrogens (tertiary/aromatic N) is 1. The molecule has 2 atom stereocenters. The fourth-order valence-electron chi connectivity index (χ4n) is 4.08. The summed E-state index contributed by atoms with van der Waals surface area (Å²) in [6.45, 7) is 1.21. The fraction of sp³-hybridized carbons (Fsp3) is 0.875. The summed E-state index contributed by atoms with van der Waals surface area (Å²) in [6, 6.07) is 0.373. The van der Waals surface area contributed by atoms with Crippen LogP contribution in [0.25, 0.3) is 0 Å². The van der Waals surface area contributed by atoms with Crippen LogP contribution in [0.4, 0.5) is 4.39 Å². The largest absolute Gasteiger partial charge is 0.353 e. The van der Waals surface area contributed by atoms with Crippen LogP contribution in [0.3, 0.4) is 0 Å². The van der Waals surface area contributed by atoms with E-state index in [1.807, 2.05) is 0 Å². The zero-order valence-corrected chi connectivity index (χ0v) is 12.4. The maximum absolute atomic E-state index is 14.2. The maximum Gasteiger partial charge on any atom is 0.260 e. The molecule has 4 rings (SSSR count). The van der Waals surface area contributed by atoms with Gasteiger partial charge in [-0.15, -0.1) is 0 Å². The van der Waals surface area contributed by atoms with Gasteiger partial charge in [-0.05, 0) is 51.4 Å². The molecular formula is C16H23FN2O2. The average Bonchev–Trinajstić information content (AvgIpc) is 2.91. The van der Waals surface area contributed by atoms with E-state index in [0.29, 0.717) is 32.0 Å². The minimum Gasteiger partial charge on any atom is -0.353 e. The van der Waals surface area contributed by atoms with Crippen molar-refractivity contribution in [3.63, 3.8) is 0 Å². The molecule has 4 fully saturated rings. The van der Waals surface area contributed by atoms with Gasteiger partial charge in [0.25, 0.3) is 5.91 Å². The lowest BCUT2D eigenvalue weighted by Gasteiger charge is -2.35. The third-order valence-corrected chi connectivity index (χ3v) is 6.16. The van der Waals surface area contributed by atoms with Crippen LogP contribution in [0.1, 0.15) is 51.4 Å². The molecule has 116 valence electrons. The van der Waals surface area contributed by atoms with Crippen LogP contribution in [0, 0.1) is 11.3 Å². The Balaban J connectivity index is 1.34. The van der Waals surface area contributed by atoms with E-state index >= 15 is 0 Å². The van der Waals surface area contributed by atoms with Crippen molar-refractivity contribution in [3.8, 4) is 0 Å². The average molecular weight is 294 g/mol. The molecule has 4 aliphatic rings. The van der Waals surface area contributed by atoms with Gasteiger partial charge in [0.1, 0.15) is 0 Å². The quantitative estimate of drug-likeness (QED) is 0.862. The molecule has 1 aliphatic heterocycles. The van der Waals surface area contributed by atoms with E-state index in [-0.39, 0.29) is 23.1 Å². The first-order valence-electron chi connectivity index (χ1n) is 8.31. The Labute approximate surface area is 124 Å². The number of rotatable bonds is 3. The molecule has 21 heavy (non-hydrogen) atoms. The summed E-state index contributed by atoms with van der Waals surface area (Å²) in [5.41, 5.74) is -1.63. The molecule has 3 aliphatic carbocycles. The topological polar surface area (TPSA) is 49.4 Å². The normalized spacial score (nSPS) is 37.0. The summed E-state index contributed by atoms with van der Waals surface area (Å²) >= 11 is 0. The minimum atomic E-state index is -1.59. The van der Waals surface area contributed by atoms with E-state index < -0.39 is 5.67 Å². The maximum atomic E-state index is 14.2. The van der Waals surface area contributed by atoms with Crippen molar-refractivity contribution in [2.45, 2.75) is 63.1 Å². The highest BCUT2D eigenvalue weighted by atomic mass is 19.1. The zero-order chi connectivity index (χ0) is 14.7. The van der Waals surface area contributed by atoms with Gasteiger partial charge in [0.05, 0.1) is 0 Å². The van der Waals surface area contributed by atoms with E-state index in [2.05, 4.69) is 5.32 Å². The lowest BCUT2D eigenvalue weighted by molar-refractivity contribution is -0.149. The lowest BCUT2D eigenvalue weighted by atomic mass is 9.81. The van der Waals surface area contributed by atoms with Crippen LogP contribution < -0.4 is 5.32 Å². The number of alkyl halides is 1. The second kappa shape index (κ2) is 4.43. The van der Waals surface area contributed by atoms with E-state index in [1.54, 1.807) is 4.90 Å². The van der Waals surface area contributed by atoms with Crippen LogP contribution >= 0.6 is 0 Å². The van der Waals surface area contributed by atoms with Crippen LogP contribution in [0.2, 0.25) is 0 Å². The van der Waals surface area contributed by atoms with Gasteiger partial charge in [-0.1, -0.05) is 0 Å². The molecule has 1 saturated heterocycles. The van der Waals surface area contributed by atoms with Gasteiger partial charge in [0.2, 0.25) is 5.91 Å². The Morgan fingerprint density at radius 2 is 1.90 bits per heavy atom. The van der Waals surface area contributed by atoms with Gasteiger partial charge in [0, 0.05) is 30.5 Å². The predicted molar refractivity (Wildman–Crippen MR) is 75.2 cm³/mol. The van der Waals surface area contributed by atoms with Crippen molar-refractivity contribution in [1.29, 1.82) is 0 Å². The number of nitrogens with one attached hydrogen (secondary N) is 1. The third-order valence-electron chi connectivity index (χ3n) is 6.16. The Morgan fingerprint density at radius 1 is 1.14 bits per heavy atom. The molecule has 1 spiro atoms. The standard InChI is InChI=1S/C16H23FN2O2/c17-16(5-2-6-16)14(21)19-8-7-15(10-19)9-12(15)13(20)18-11-3-1-4-11/h11-12H,1-10H2,(H,18,20). The van der Waals surface area contributed by atoms with Crippen LogP contribution in [-0.4, -0.2) is 41.5 Å². The summed E-state index contributed by atoms with van der Waals surface area (Å²) < 4.78 is 14.2. The molecule has 2 amide bonds. The third kappa shape index (κ3) is 2.08. The predicted octanol–water partition coefficient (Wildman–Crippen LogP) is 1.79. The molecule has 3 saturated carbocycles. The van der Waals surface area contributed by atoms with E-state index in [9.17, 15) is 14.0 Å². The van der Waals surface area contributed by atoms with Gasteiger partial charge in [-0.25, -0.2) is 4.39 Å². The van der Waals surface area contributed by atoms with Crippen molar-refractivity contribution in [2.75, 3.05) is 13.1 Å². The Bertz CT molecular complexity index is 487. The van der Waals surface area contributed by atoms with Crippen LogP contribution in [-0.2, 0) is 9.59 Å². The summed E-state index contributed by atoms with van der Waals surface area (Å²) in [4.78, 5) is 26.1. The smallest absolute Gasteiger partial charge is 0.260 e. The Morgan fingerprint density at radius 3 is 2.48 bits per heavy atom. The highest BCUT2D eigenvalue weighted by molar-refractivity contribution is 5.87. The Kier molecular flexibility index (Phi) is 2.86. The highest BCUT2D eigenvalue weighted by Crippen LogP contribution is 2.59. The number of carbonyl (C=O) groups excluding carboxylic acids is 2. The summed E-state index contributed by atoms with van der Waals surface area (Å²) in [5, 5.41) is 3.11. The molecule has 2 unspecified atom stereocenters. The lowest BCUT2D eigenvalue weighted by Crippen LogP contribution is -2.49. The molecule has 0 bridgehead atoms. The summed E-state index contributed by atoms with van der Waals surface area (Å²) in [7, 11) is 0. The van der Waals surface area contributed by atoms with Crippen molar-refractivity contribution < 1.29 is 14.0 Å². The van der Waals surface area contributed by atoms with E-state index in [4.69, 9.17) is 0 Å². The summed E-state index contributed by atoms with van der Waals surface area (Å²) in [6.07, 6.45) is 6.70. The van der Waals surface area contributed by atoms with Gasteiger partial charge < -0.3 is 10.2 Å². The SMILES string of the molecule is O=C(NC1CCC1)C1CC12CCN(C(=O)C1(F)CCC1)C2. The fourth-order valence-corrected chi connectivity index (χ4v) is 4.08. The van der Waals surface area contributed by atoms with E-state index in [0.717, 1.165) is 32.1 Å². The van der Waals surface area contributed by atoms with Gasteiger partial charge in [-0.2, -0.15) is 0 Å². The molecule has 0 aromatic carbocycles. The second-order valence-electron chi connectivity index (χ2n) is 7.55. The number of amides is 2. The monoisotopic (exact) mass is 294 g/mol. The second-order valence-corrected chi connectivity index (χ2v) is 7.55. The molecular weight excluding hydrogens is 271 g/mol. The van der Waals surface area contributed by atoms with Crippen molar-refractivity contribution in [3.05, 3.63) is 0 Å². The highest BCUT2D eigenvalue weighted by Gasteiger charge is 2.62. The van der Waals surface area contributed by atoms with E-state index in [1.165, 1.54) is 6.42 Å². The molecule has 0 aromatic heterocycles. The zero-order valence-electron chi connectivity index (χ0n) is 12.4. The number of likely N-dealkylation sites (tertiary alicyclic amines) is 1. The molecule has 0 aromatic rings. The number of halogens is 1. The first kappa shape index (κ1) is 13.5. The van der Waals surface area contributed by atoms with Gasteiger partial charge >= 0.3 is 0 Å². The minimum absolute atomic E-state index is 0.0381. The number of hydrogen-bond donors (Lipinski definition) is 1. The van der Waals surface area contributed by atoms with Crippen molar-refractivity contribution in [2.24, 2.45) is 11.3 Å². The summed E-state index contributed by atoms with van der Waals surface area (Å²) in [5.74, 6) is -0.115. The first-order valence-corrected chi connectivity index (χ1v) is 8.31.